The van der Waals surface area contributed by atoms with Crippen LogP contribution in [0.25, 0.3) is 0 Å². The summed E-state index contributed by atoms with van der Waals surface area (Å²) in [4.78, 5) is 26.4. The zero-order valence-electron chi connectivity index (χ0n) is 17.9. The molecule has 29 heavy (non-hydrogen) atoms. The van der Waals surface area contributed by atoms with E-state index < -0.39 is 0 Å². The van der Waals surface area contributed by atoms with Crippen molar-refractivity contribution in [3.63, 3.8) is 0 Å². The van der Waals surface area contributed by atoms with Gasteiger partial charge in [-0.05, 0) is 57.7 Å². The molecular weight excluding hydrogens is 364 g/mol. The van der Waals surface area contributed by atoms with E-state index >= 15 is 0 Å². The Bertz CT molecular complexity index is 899. The van der Waals surface area contributed by atoms with Crippen LogP contribution in [0.2, 0.25) is 0 Å². The van der Waals surface area contributed by atoms with E-state index in [4.69, 9.17) is 4.74 Å². The highest BCUT2D eigenvalue weighted by molar-refractivity contribution is 5.79. The third-order valence-electron chi connectivity index (χ3n) is 6.25. The number of carbonyl (C=O) groups excluding carboxylic acids is 1. The fraction of sp³-hybridized carbons (Fsp3) is 0.522. The number of nitrogens with zero attached hydrogens (tertiary/aromatic N) is 4. The van der Waals surface area contributed by atoms with Crippen LogP contribution >= 0.6 is 0 Å². The van der Waals surface area contributed by atoms with E-state index in [1.54, 1.807) is 0 Å². The van der Waals surface area contributed by atoms with Crippen LogP contribution in [0, 0.1) is 27.7 Å². The van der Waals surface area contributed by atoms with Crippen molar-refractivity contribution in [2.24, 2.45) is 0 Å². The number of hydrogen-bond donors (Lipinski definition) is 0. The summed E-state index contributed by atoms with van der Waals surface area (Å²) < 4.78 is 5.74. The maximum absolute atomic E-state index is 12.9. The van der Waals surface area contributed by atoms with Crippen LogP contribution in [0.4, 0.5) is 5.95 Å². The lowest BCUT2D eigenvalue weighted by atomic mass is 9.84. The number of amides is 1. The summed E-state index contributed by atoms with van der Waals surface area (Å²) in [7, 11) is 0. The van der Waals surface area contributed by atoms with Crippen molar-refractivity contribution < 1.29 is 9.53 Å². The minimum atomic E-state index is -0.249. The molecule has 1 aromatic carbocycles. The van der Waals surface area contributed by atoms with Gasteiger partial charge in [-0.1, -0.05) is 23.8 Å². The normalized spacial score (nSPS) is 19.1. The Morgan fingerprint density at radius 2 is 1.72 bits per heavy atom. The van der Waals surface area contributed by atoms with Gasteiger partial charge >= 0.3 is 0 Å². The lowest BCUT2D eigenvalue weighted by Gasteiger charge is -2.51. The zero-order valence-corrected chi connectivity index (χ0v) is 17.9. The molecule has 1 spiro atoms. The van der Waals surface area contributed by atoms with Crippen molar-refractivity contribution >= 4 is 11.9 Å². The molecule has 2 aromatic rings. The fourth-order valence-electron chi connectivity index (χ4n) is 4.53. The molecule has 0 unspecified atom stereocenters. The number of aryl methyl sites for hydroxylation is 4. The average molecular weight is 395 g/mol. The van der Waals surface area contributed by atoms with Crippen LogP contribution in [0.15, 0.2) is 24.3 Å². The van der Waals surface area contributed by atoms with Crippen molar-refractivity contribution in [2.75, 3.05) is 31.2 Å². The number of hydrogen-bond acceptors (Lipinski definition) is 5. The topological polar surface area (TPSA) is 58.6 Å². The summed E-state index contributed by atoms with van der Waals surface area (Å²) in [6.45, 7) is 11.3. The Labute approximate surface area is 172 Å². The standard InChI is InChI=1S/C23H30N4O2/c1-16-5-6-17(2)20(11-16)13-27-21(28)14-29-15-23(27)7-9-26(10-8-23)22-24-18(3)12-19(4)25-22/h5-6,11-12H,7-10,13-15H2,1-4H3. The Morgan fingerprint density at radius 1 is 1.03 bits per heavy atom. The monoisotopic (exact) mass is 394 g/mol. The Balaban J connectivity index is 1.55. The van der Waals surface area contributed by atoms with Crippen LogP contribution in [0.1, 0.15) is 40.9 Å². The third kappa shape index (κ3) is 3.99. The van der Waals surface area contributed by atoms with Gasteiger partial charge < -0.3 is 14.5 Å². The molecule has 2 aliphatic heterocycles. The number of morpholine rings is 1. The molecule has 6 heteroatoms. The SMILES string of the molecule is Cc1ccc(C)c(CN2C(=O)COCC23CCN(c2nc(C)cc(C)n2)CC3)c1. The Morgan fingerprint density at radius 3 is 2.41 bits per heavy atom. The van der Waals surface area contributed by atoms with Crippen LogP contribution in [-0.2, 0) is 16.1 Å². The predicted molar refractivity (Wildman–Crippen MR) is 113 cm³/mol. The lowest BCUT2D eigenvalue weighted by molar-refractivity contribution is -0.161. The predicted octanol–water partition coefficient (Wildman–Crippen LogP) is 3.11. The van der Waals surface area contributed by atoms with E-state index in [-0.39, 0.29) is 18.1 Å². The molecule has 2 saturated heterocycles. The highest BCUT2D eigenvalue weighted by Crippen LogP contribution is 2.35. The van der Waals surface area contributed by atoms with Gasteiger partial charge in [-0.25, -0.2) is 9.97 Å². The summed E-state index contributed by atoms with van der Waals surface area (Å²) in [5.74, 6) is 0.884. The Hall–Kier alpha value is -2.47. The lowest BCUT2D eigenvalue weighted by Crippen LogP contribution is -2.63. The van der Waals surface area contributed by atoms with Gasteiger partial charge in [0.1, 0.15) is 6.61 Å². The van der Waals surface area contributed by atoms with Crippen molar-refractivity contribution in [3.8, 4) is 0 Å². The number of aromatic nitrogens is 2. The van der Waals surface area contributed by atoms with Gasteiger partial charge in [0.25, 0.3) is 0 Å². The van der Waals surface area contributed by atoms with E-state index in [0.717, 1.165) is 43.3 Å². The largest absolute Gasteiger partial charge is 0.369 e. The second kappa shape index (κ2) is 7.75. The summed E-state index contributed by atoms with van der Waals surface area (Å²) >= 11 is 0. The molecule has 4 rings (SSSR count). The first-order chi connectivity index (χ1) is 13.9. The molecule has 1 amide bonds. The van der Waals surface area contributed by atoms with Crippen molar-refractivity contribution in [2.45, 2.75) is 52.6 Å². The molecule has 2 fully saturated rings. The van der Waals surface area contributed by atoms with Gasteiger partial charge in [0.15, 0.2) is 0 Å². The molecule has 0 N–H and O–H groups in total. The van der Waals surface area contributed by atoms with Gasteiger partial charge in [-0.2, -0.15) is 0 Å². The van der Waals surface area contributed by atoms with Crippen molar-refractivity contribution in [1.29, 1.82) is 0 Å². The number of benzene rings is 1. The fourth-order valence-corrected chi connectivity index (χ4v) is 4.53. The third-order valence-corrected chi connectivity index (χ3v) is 6.25. The molecule has 1 aromatic heterocycles. The van der Waals surface area contributed by atoms with Crippen molar-refractivity contribution in [1.82, 2.24) is 14.9 Å². The maximum atomic E-state index is 12.9. The molecule has 0 aliphatic carbocycles. The van der Waals surface area contributed by atoms with Gasteiger partial charge in [0.05, 0.1) is 12.1 Å². The van der Waals surface area contributed by atoms with Gasteiger partial charge in [-0.3, -0.25) is 4.79 Å². The van der Waals surface area contributed by atoms with Crippen LogP contribution in [0.5, 0.6) is 0 Å². The molecule has 2 aliphatic rings. The quantitative estimate of drug-likeness (QED) is 0.801. The first-order valence-electron chi connectivity index (χ1n) is 10.4. The van der Waals surface area contributed by atoms with E-state index in [1.807, 2.05) is 19.9 Å². The second-order valence-electron chi connectivity index (χ2n) is 8.56. The average Bonchev–Trinajstić information content (AvgIpc) is 2.67. The second-order valence-corrected chi connectivity index (χ2v) is 8.56. The molecule has 3 heterocycles. The number of ether oxygens (including phenoxy) is 1. The van der Waals surface area contributed by atoms with Gasteiger partial charge in [0, 0.05) is 31.0 Å². The van der Waals surface area contributed by atoms with Crippen LogP contribution in [0.3, 0.4) is 0 Å². The summed E-state index contributed by atoms with van der Waals surface area (Å²) in [5.41, 5.74) is 5.40. The minimum Gasteiger partial charge on any atom is -0.369 e. The highest BCUT2D eigenvalue weighted by Gasteiger charge is 2.45. The molecular formula is C23H30N4O2. The van der Waals surface area contributed by atoms with E-state index in [1.165, 1.54) is 16.7 Å². The molecule has 154 valence electrons. The van der Waals surface area contributed by atoms with E-state index in [2.05, 4.69) is 51.8 Å². The van der Waals surface area contributed by atoms with Gasteiger partial charge in [0.2, 0.25) is 11.9 Å². The maximum Gasteiger partial charge on any atom is 0.249 e. The molecule has 0 saturated carbocycles. The first kappa shape index (κ1) is 19.8. The van der Waals surface area contributed by atoms with Crippen molar-refractivity contribution in [3.05, 3.63) is 52.3 Å². The smallest absolute Gasteiger partial charge is 0.249 e. The zero-order chi connectivity index (χ0) is 20.6. The molecule has 0 bridgehead atoms. The van der Waals surface area contributed by atoms with Gasteiger partial charge in [-0.15, -0.1) is 0 Å². The summed E-state index contributed by atoms with van der Waals surface area (Å²) in [6.07, 6.45) is 1.72. The van der Waals surface area contributed by atoms with E-state index in [0.29, 0.717) is 13.2 Å². The molecule has 0 atom stereocenters. The summed E-state index contributed by atoms with van der Waals surface area (Å²) in [5, 5.41) is 0. The minimum absolute atomic E-state index is 0.0910. The van der Waals surface area contributed by atoms with E-state index in [9.17, 15) is 4.79 Å². The number of carbonyl (C=O) groups is 1. The van der Waals surface area contributed by atoms with Crippen LogP contribution in [-0.4, -0.2) is 52.6 Å². The molecule has 0 radical (unpaired) electrons. The number of piperidine rings is 1. The van der Waals surface area contributed by atoms with Crippen LogP contribution < -0.4 is 4.90 Å². The number of anilines is 1. The Kier molecular flexibility index (Phi) is 5.30. The summed E-state index contributed by atoms with van der Waals surface area (Å²) in [6, 6.07) is 8.46. The highest BCUT2D eigenvalue weighted by atomic mass is 16.5. The first-order valence-corrected chi connectivity index (χ1v) is 10.4. The number of rotatable bonds is 3. The molecule has 6 nitrogen and oxygen atoms in total.